The summed E-state index contributed by atoms with van der Waals surface area (Å²) in [6, 6.07) is -0.133. The Morgan fingerprint density at radius 3 is 3.06 bits per heavy atom. The summed E-state index contributed by atoms with van der Waals surface area (Å²) in [4.78, 5) is 10.9. The predicted molar refractivity (Wildman–Crippen MR) is 59.3 cm³/mol. The first-order chi connectivity index (χ1) is 7.56. The molecule has 0 fully saturated rings. The van der Waals surface area contributed by atoms with Crippen LogP contribution in [0.5, 0.6) is 0 Å². The van der Waals surface area contributed by atoms with Crippen molar-refractivity contribution < 1.29 is 14.6 Å². The van der Waals surface area contributed by atoms with Gasteiger partial charge < -0.3 is 15.2 Å². The highest BCUT2D eigenvalue weighted by Gasteiger charge is 2.29. The first kappa shape index (κ1) is 10.8. The number of hydrogen-bond donors (Lipinski definition) is 2. The summed E-state index contributed by atoms with van der Waals surface area (Å²) >= 11 is 0. The van der Waals surface area contributed by atoms with Gasteiger partial charge in [-0.1, -0.05) is 0 Å². The molecule has 2 rings (SSSR count). The highest BCUT2D eigenvalue weighted by Crippen LogP contribution is 2.35. The molecular weight excluding hydrogens is 206 g/mol. The van der Waals surface area contributed by atoms with Crippen LogP contribution in [0.25, 0.3) is 0 Å². The number of rotatable bonds is 2. The Balaban J connectivity index is 2.07. The van der Waals surface area contributed by atoms with Gasteiger partial charge in [-0.05, 0) is 25.2 Å². The molecule has 0 saturated heterocycles. The van der Waals surface area contributed by atoms with E-state index < -0.39 is 0 Å². The fourth-order valence-corrected chi connectivity index (χ4v) is 1.92. The molecule has 1 aliphatic carbocycles. The van der Waals surface area contributed by atoms with Crippen LogP contribution in [-0.2, 0) is 9.53 Å². The number of amides is 1. The largest absolute Gasteiger partial charge is 0.512 e. The van der Waals surface area contributed by atoms with Gasteiger partial charge >= 0.3 is 0 Å². The zero-order valence-electron chi connectivity index (χ0n) is 9.36. The highest BCUT2D eigenvalue weighted by molar-refractivity contribution is 5.73. The zero-order chi connectivity index (χ0) is 11.7. The van der Waals surface area contributed by atoms with Crippen LogP contribution in [0.1, 0.15) is 20.3 Å². The van der Waals surface area contributed by atoms with Gasteiger partial charge in [0.05, 0.1) is 11.8 Å². The van der Waals surface area contributed by atoms with Crippen LogP contribution in [0.15, 0.2) is 35.5 Å². The van der Waals surface area contributed by atoms with Gasteiger partial charge in [0.25, 0.3) is 0 Å². The third kappa shape index (κ3) is 2.10. The quantitative estimate of drug-likeness (QED) is 0.747. The Kier molecular flexibility index (Phi) is 2.73. The Labute approximate surface area is 94.3 Å². The van der Waals surface area contributed by atoms with Gasteiger partial charge in [-0.3, -0.25) is 4.79 Å². The smallest absolute Gasteiger partial charge is 0.217 e. The van der Waals surface area contributed by atoms with Crippen LogP contribution in [-0.4, -0.2) is 17.1 Å². The lowest BCUT2D eigenvalue weighted by molar-refractivity contribution is -0.119. The summed E-state index contributed by atoms with van der Waals surface area (Å²) < 4.78 is 5.63. The van der Waals surface area contributed by atoms with Gasteiger partial charge in [-0.15, -0.1) is 0 Å². The van der Waals surface area contributed by atoms with Gasteiger partial charge in [0.2, 0.25) is 5.91 Å². The topological polar surface area (TPSA) is 58.6 Å². The molecule has 2 aliphatic rings. The van der Waals surface area contributed by atoms with Crippen molar-refractivity contribution in [2.45, 2.75) is 26.3 Å². The number of fused-ring (bicyclic) bond motifs is 1. The molecule has 0 bridgehead atoms. The second-order valence-corrected chi connectivity index (χ2v) is 4.13. The number of hydrogen-bond acceptors (Lipinski definition) is 3. The highest BCUT2D eigenvalue weighted by atomic mass is 16.5. The number of allylic oxidation sites excluding steroid dienone is 4. The van der Waals surface area contributed by atoms with Crippen molar-refractivity contribution >= 4 is 5.91 Å². The molecule has 16 heavy (non-hydrogen) atoms. The van der Waals surface area contributed by atoms with E-state index >= 15 is 0 Å². The maximum atomic E-state index is 10.9. The van der Waals surface area contributed by atoms with E-state index in [2.05, 4.69) is 5.32 Å². The van der Waals surface area contributed by atoms with E-state index in [0.29, 0.717) is 12.2 Å². The van der Waals surface area contributed by atoms with E-state index in [-0.39, 0.29) is 17.9 Å². The van der Waals surface area contributed by atoms with Crippen molar-refractivity contribution in [1.82, 2.24) is 5.32 Å². The number of aliphatic hydroxyl groups is 1. The Morgan fingerprint density at radius 2 is 2.38 bits per heavy atom. The van der Waals surface area contributed by atoms with E-state index in [1.165, 1.54) is 6.92 Å². The molecule has 2 N–H and O–H groups in total. The van der Waals surface area contributed by atoms with Crippen LogP contribution in [0, 0.1) is 5.92 Å². The first-order valence-corrected chi connectivity index (χ1v) is 5.32. The molecular formula is C12H15NO3. The van der Waals surface area contributed by atoms with Crippen molar-refractivity contribution in [3.05, 3.63) is 35.5 Å². The average molecular weight is 221 g/mol. The minimum Gasteiger partial charge on any atom is -0.512 e. The maximum absolute atomic E-state index is 10.9. The number of aliphatic hydroxyl groups excluding tert-OH is 1. The van der Waals surface area contributed by atoms with Crippen LogP contribution >= 0.6 is 0 Å². The molecule has 0 aromatic carbocycles. The van der Waals surface area contributed by atoms with Gasteiger partial charge in [0.1, 0.15) is 11.5 Å². The van der Waals surface area contributed by atoms with Crippen molar-refractivity contribution in [1.29, 1.82) is 0 Å². The number of carbonyl (C=O) groups excluding carboxylic acids is 1. The molecule has 0 radical (unpaired) electrons. The van der Waals surface area contributed by atoms with E-state index in [1.54, 1.807) is 12.2 Å². The zero-order valence-corrected chi connectivity index (χ0v) is 9.36. The fraction of sp³-hybridized carbons (Fsp3) is 0.417. The minimum atomic E-state index is -0.133. The second kappa shape index (κ2) is 4.04. The monoisotopic (exact) mass is 221 g/mol. The summed E-state index contributed by atoms with van der Waals surface area (Å²) in [5, 5.41) is 12.2. The van der Waals surface area contributed by atoms with Crippen molar-refractivity contribution in [3.8, 4) is 0 Å². The van der Waals surface area contributed by atoms with Crippen LogP contribution in [0.2, 0.25) is 0 Å². The second-order valence-electron chi connectivity index (χ2n) is 4.13. The Bertz CT molecular complexity index is 406. The lowest BCUT2D eigenvalue weighted by Crippen LogP contribution is -2.32. The standard InChI is InChI=1S/C12H15NO3/c1-7(13-8(2)14)12-6-9-5-10(15)3-4-11(9)16-12/h3-4,6-7,9,15H,5H2,1-2H3,(H,13,14). The molecule has 2 atom stereocenters. The third-order valence-corrected chi connectivity index (χ3v) is 2.68. The minimum absolute atomic E-state index is 0.0816. The van der Waals surface area contributed by atoms with Crippen LogP contribution < -0.4 is 5.32 Å². The molecule has 1 amide bonds. The fourth-order valence-electron chi connectivity index (χ4n) is 1.92. The summed E-state index contributed by atoms with van der Waals surface area (Å²) in [5.74, 6) is 1.97. The Morgan fingerprint density at radius 1 is 1.62 bits per heavy atom. The van der Waals surface area contributed by atoms with Gasteiger partial charge in [-0.25, -0.2) is 0 Å². The predicted octanol–water partition coefficient (Wildman–Crippen LogP) is 1.77. The SMILES string of the molecule is CC(=O)NC(C)C1=CC2CC(O)=CC=C2O1. The molecule has 86 valence electrons. The van der Waals surface area contributed by atoms with Crippen LogP contribution in [0.3, 0.4) is 0 Å². The van der Waals surface area contributed by atoms with E-state index in [0.717, 1.165) is 11.5 Å². The first-order valence-electron chi connectivity index (χ1n) is 5.32. The van der Waals surface area contributed by atoms with Crippen molar-refractivity contribution in [3.63, 3.8) is 0 Å². The van der Waals surface area contributed by atoms with Gasteiger partial charge in [0, 0.05) is 19.3 Å². The van der Waals surface area contributed by atoms with E-state index in [4.69, 9.17) is 4.74 Å². The molecule has 1 aliphatic heterocycles. The third-order valence-electron chi connectivity index (χ3n) is 2.68. The number of ether oxygens (including phenoxy) is 1. The lowest BCUT2D eigenvalue weighted by atomic mass is 9.98. The molecule has 0 aromatic rings. The van der Waals surface area contributed by atoms with Gasteiger partial charge in [-0.2, -0.15) is 0 Å². The van der Waals surface area contributed by atoms with E-state index in [9.17, 15) is 9.90 Å². The molecule has 4 heteroatoms. The summed E-state index contributed by atoms with van der Waals surface area (Å²) in [6.45, 7) is 3.35. The van der Waals surface area contributed by atoms with Crippen molar-refractivity contribution in [2.24, 2.45) is 5.92 Å². The normalized spacial score (nSPS) is 24.6. The molecule has 0 spiro atoms. The summed E-state index contributed by atoms with van der Waals surface area (Å²) in [6.07, 6.45) is 5.94. The molecule has 4 nitrogen and oxygen atoms in total. The number of nitrogens with one attached hydrogen (secondary N) is 1. The molecule has 0 saturated carbocycles. The summed E-state index contributed by atoms with van der Waals surface area (Å²) in [7, 11) is 0. The number of carbonyl (C=O) groups is 1. The lowest BCUT2D eigenvalue weighted by Gasteiger charge is -2.15. The molecule has 2 unspecified atom stereocenters. The Hall–Kier alpha value is -1.71. The van der Waals surface area contributed by atoms with E-state index in [1.807, 2.05) is 13.0 Å². The van der Waals surface area contributed by atoms with Crippen molar-refractivity contribution in [2.75, 3.05) is 0 Å². The van der Waals surface area contributed by atoms with Gasteiger partial charge in [0.15, 0.2) is 0 Å². The molecule has 0 aromatic heterocycles. The maximum Gasteiger partial charge on any atom is 0.217 e. The summed E-state index contributed by atoms with van der Waals surface area (Å²) in [5.41, 5.74) is 0. The van der Waals surface area contributed by atoms with Crippen LogP contribution in [0.4, 0.5) is 0 Å². The molecule has 1 heterocycles. The average Bonchev–Trinajstić information content (AvgIpc) is 2.59.